The van der Waals surface area contributed by atoms with Gasteiger partial charge in [0.15, 0.2) is 0 Å². The van der Waals surface area contributed by atoms with Gasteiger partial charge in [-0.3, -0.25) is 4.79 Å². The Morgan fingerprint density at radius 1 is 1.04 bits per heavy atom. The second-order valence-electron chi connectivity index (χ2n) is 6.49. The molecule has 0 saturated heterocycles. The van der Waals surface area contributed by atoms with Crippen LogP contribution in [0.4, 0.5) is 17.3 Å². The molecule has 4 rings (SSSR count). The highest BCUT2D eigenvalue weighted by Crippen LogP contribution is 2.32. The number of para-hydroxylation sites is 2. The van der Waals surface area contributed by atoms with Gasteiger partial charge in [-0.05, 0) is 49.6 Å². The number of hydrogen-bond donors (Lipinski definition) is 1. The Labute approximate surface area is 152 Å². The Hall–Kier alpha value is -3.21. The molecule has 0 atom stereocenters. The average molecular weight is 344 g/mol. The first-order valence-corrected chi connectivity index (χ1v) is 8.70. The second-order valence-corrected chi connectivity index (χ2v) is 6.49. The van der Waals surface area contributed by atoms with Crippen molar-refractivity contribution in [3.63, 3.8) is 0 Å². The summed E-state index contributed by atoms with van der Waals surface area (Å²) < 4.78 is 0. The maximum absolute atomic E-state index is 12.7. The van der Waals surface area contributed by atoms with Gasteiger partial charge in [0, 0.05) is 23.6 Å². The van der Waals surface area contributed by atoms with Crippen LogP contribution in [0.25, 0.3) is 0 Å². The lowest BCUT2D eigenvalue weighted by atomic mass is 10.2. The van der Waals surface area contributed by atoms with Gasteiger partial charge >= 0.3 is 0 Å². The Bertz CT molecular complexity index is 983. The predicted molar refractivity (Wildman–Crippen MR) is 103 cm³/mol. The number of nitrogens with zero attached hydrogens (tertiary/aromatic N) is 3. The molecule has 3 aromatic rings. The Kier molecular flexibility index (Phi) is 4.13. The van der Waals surface area contributed by atoms with E-state index in [0.717, 1.165) is 35.6 Å². The quantitative estimate of drug-likeness (QED) is 0.779. The number of carbonyl (C=O) groups is 1. The van der Waals surface area contributed by atoms with Crippen molar-refractivity contribution in [3.8, 4) is 0 Å². The summed E-state index contributed by atoms with van der Waals surface area (Å²) >= 11 is 0. The Morgan fingerprint density at radius 2 is 1.81 bits per heavy atom. The van der Waals surface area contributed by atoms with Crippen LogP contribution in [0.1, 0.15) is 27.3 Å². The van der Waals surface area contributed by atoms with Gasteiger partial charge in [0.25, 0.3) is 5.91 Å². The lowest BCUT2D eigenvalue weighted by molar-refractivity contribution is 0.102. The van der Waals surface area contributed by atoms with Crippen molar-refractivity contribution in [2.45, 2.75) is 20.3 Å². The molecule has 0 fully saturated rings. The SMILES string of the molecule is Cc1cc(C(=O)Nc2ccccc2C)nc(N2CCc3ccccc32)n1. The molecule has 1 aromatic heterocycles. The van der Waals surface area contributed by atoms with E-state index in [1.807, 2.05) is 50.2 Å². The lowest BCUT2D eigenvalue weighted by Crippen LogP contribution is -2.21. The van der Waals surface area contributed by atoms with Crippen molar-refractivity contribution in [1.82, 2.24) is 9.97 Å². The molecular formula is C21H20N4O. The lowest BCUT2D eigenvalue weighted by Gasteiger charge is -2.18. The maximum Gasteiger partial charge on any atom is 0.274 e. The maximum atomic E-state index is 12.7. The van der Waals surface area contributed by atoms with E-state index >= 15 is 0 Å². The summed E-state index contributed by atoms with van der Waals surface area (Å²) in [6.45, 7) is 4.67. The molecular weight excluding hydrogens is 324 g/mol. The zero-order chi connectivity index (χ0) is 18.1. The number of anilines is 3. The largest absolute Gasteiger partial charge is 0.320 e. The third-order valence-electron chi connectivity index (χ3n) is 4.60. The summed E-state index contributed by atoms with van der Waals surface area (Å²) in [5, 5.41) is 2.94. The van der Waals surface area contributed by atoms with Crippen LogP contribution in [0, 0.1) is 13.8 Å². The number of aryl methyl sites for hydroxylation is 2. The van der Waals surface area contributed by atoms with E-state index in [1.54, 1.807) is 6.07 Å². The molecule has 1 amide bonds. The third-order valence-corrected chi connectivity index (χ3v) is 4.60. The highest BCUT2D eigenvalue weighted by Gasteiger charge is 2.23. The predicted octanol–water partition coefficient (Wildman–Crippen LogP) is 4.04. The number of amides is 1. The van der Waals surface area contributed by atoms with Gasteiger partial charge in [-0.2, -0.15) is 0 Å². The summed E-state index contributed by atoms with van der Waals surface area (Å²) in [6.07, 6.45) is 0.957. The number of hydrogen-bond acceptors (Lipinski definition) is 4. The second kappa shape index (κ2) is 6.59. The number of rotatable bonds is 3. The highest BCUT2D eigenvalue weighted by molar-refractivity contribution is 6.03. The topological polar surface area (TPSA) is 58.1 Å². The molecule has 2 heterocycles. The Balaban J connectivity index is 1.65. The minimum atomic E-state index is -0.224. The summed E-state index contributed by atoms with van der Waals surface area (Å²) in [6, 6.07) is 17.7. The molecule has 1 aliphatic rings. The first-order valence-electron chi connectivity index (χ1n) is 8.70. The molecule has 26 heavy (non-hydrogen) atoms. The van der Waals surface area contributed by atoms with Crippen LogP contribution in [0.2, 0.25) is 0 Å². The fourth-order valence-corrected chi connectivity index (χ4v) is 3.24. The van der Waals surface area contributed by atoms with E-state index in [9.17, 15) is 4.79 Å². The standard InChI is InChI=1S/C21H20N4O/c1-14-7-3-5-9-17(14)23-20(26)18-13-15(2)22-21(24-18)25-12-11-16-8-4-6-10-19(16)25/h3-10,13H,11-12H2,1-2H3,(H,23,26). The summed E-state index contributed by atoms with van der Waals surface area (Å²) in [5.41, 5.74) is 5.35. The zero-order valence-electron chi connectivity index (χ0n) is 14.9. The summed E-state index contributed by atoms with van der Waals surface area (Å²) in [5.74, 6) is 0.350. The summed E-state index contributed by atoms with van der Waals surface area (Å²) in [7, 11) is 0. The molecule has 1 N–H and O–H groups in total. The van der Waals surface area contributed by atoms with Gasteiger partial charge in [0.2, 0.25) is 5.95 Å². The smallest absolute Gasteiger partial charge is 0.274 e. The van der Waals surface area contributed by atoms with Crippen LogP contribution in [0.3, 0.4) is 0 Å². The average Bonchev–Trinajstić information content (AvgIpc) is 3.07. The molecule has 0 radical (unpaired) electrons. The van der Waals surface area contributed by atoms with Crippen LogP contribution in [0.5, 0.6) is 0 Å². The van der Waals surface area contributed by atoms with Gasteiger partial charge in [-0.1, -0.05) is 36.4 Å². The fraction of sp³-hybridized carbons (Fsp3) is 0.190. The van der Waals surface area contributed by atoms with Crippen LogP contribution in [-0.2, 0) is 6.42 Å². The minimum Gasteiger partial charge on any atom is -0.320 e. The molecule has 5 nitrogen and oxygen atoms in total. The van der Waals surface area contributed by atoms with E-state index in [-0.39, 0.29) is 5.91 Å². The normalized spacial score (nSPS) is 12.8. The van der Waals surface area contributed by atoms with E-state index in [0.29, 0.717) is 11.6 Å². The summed E-state index contributed by atoms with van der Waals surface area (Å²) in [4.78, 5) is 23.9. The molecule has 130 valence electrons. The van der Waals surface area contributed by atoms with Crippen LogP contribution < -0.4 is 10.2 Å². The minimum absolute atomic E-state index is 0.224. The molecule has 2 aromatic carbocycles. The first kappa shape index (κ1) is 16.3. The molecule has 5 heteroatoms. The molecule has 0 unspecified atom stereocenters. The molecule has 0 aliphatic carbocycles. The highest BCUT2D eigenvalue weighted by atomic mass is 16.1. The van der Waals surface area contributed by atoms with Gasteiger partial charge in [-0.25, -0.2) is 9.97 Å². The van der Waals surface area contributed by atoms with Crippen LogP contribution >= 0.6 is 0 Å². The van der Waals surface area contributed by atoms with E-state index in [1.165, 1.54) is 5.56 Å². The van der Waals surface area contributed by atoms with Crippen molar-refractivity contribution in [3.05, 3.63) is 77.1 Å². The monoisotopic (exact) mass is 344 g/mol. The number of carbonyl (C=O) groups excluding carboxylic acids is 1. The fourth-order valence-electron chi connectivity index (χ4n) is 3.24. The molecule has 0 saturated carbocycles. The molecule has 1 aliphatic heterocycles. The van der Waals surface area contributed by atoms with Crippen molar-refractivity contribution in [2.75, 3.05) is 16.8 Å². The van der Waals surface area contributed by atoms with E-state index in [4.69, 9.17) is 0 Å². The van der Waals surface area contributed by atoms with Crippen molar-refractivity contribution < 1.29 is 4.79 Å². The molecule has 0 bridgehead atoms. The number of nitrogens with one attached hydrogen (secondary N) is 1. The van der Waals surface area contributed by atoms with Gasteiger partial charge in [0.05, 0.1) is 0 Å². The Morgan fingerprint density at radius 3 is 2.65 bits per heavy atom. The van der Waals surface area contributed by atoms with Crippen LogP contribution in [0.15, 0.2) is 54.6 Å². The number of aromatic nitrogens is 2. The van der Waals surface area contributed by atoms with Gasteiger partial charge in [0.1, 0.15) is 5.69 Å². The third kappa shape index (κ3) is 3.04. The van der Waals surface area contributed by atoms with E-state index in [2.05, 4.69) is 32.3 Å². The van der Waals surface area contributed by atoms with E-state index < -0.39 is 0 Å². The molecule has 0 spiro atoms. The van der Waals surface area contributed by atoms with Crippen molar-refractivity contribution in [1.29, 1.82) is 0 Å². The van der Waals surface area contributed by atoms with Gasteiger partial charge in [-0.15, -0.1) is 0 Å². The first-order chi connectivity index (χ1) is 12.6. The number of benzene rings is 2. The van der Waals surface area contributed by atoms with Crippen LogP contribution in [-0.4, -0.2) is 22.4 Å². The van der Waals surface area contributed by atoms with Gasteiger partial charge < -0.3 is 10.2 Å². The van der Waals surface area contributed by atoms with Crippen molar-refractivity contribution >= 4 is 23.2 Å². The number of fused-ring (bicyclic) bond motifs is 1. The zero-order valence-corrected chi connectivity index (χ0v) is 14.9. The van der Waals surface area contributed by atoms with Crippen molar-refractivity contribution in [2.24, 2.45) is 0 Å².